The van der Waals surface area contributed by atoms with Crippen molar-refractivity contribution in [2.75, 3.05) is 11.9 Å². The van der Waals surface area contributed by atoms with Crippen molar-refractivity contribution in [3.8, 4) is 0 Å². The number of hydrogen-bond donors (Lipinski definition) is 1. The van der Waals surface area contributed by atoms with Crippen LogP contribution in [0.1, 0.15) is 42.4 Å². The number of nitro benzene ring substituents is 1. The summed E-state index contributed by atoms with van der Waals surface area (Å²) in [6.45, 7) is 3.96. The van der Waals surface area contributed by atoms with Crippen molar-refractivity contribution in [2.24, 2.45) is 0 Å². The Bertz CT molecular complexity index is 1570. The molecule has 0 radical (unpaired) electrons. The van der Waals surface area contributed by atoms with Crippen LogP contribution in [0.4, 0.5) is 25.1 Å². The van der Waals surface area contributed by atoms with Crippen molar-refractivity contribution in [1.82, 2.24) is 14.1 Å². The molecule has 0 bridgehead atoms. The zero-order valence-corrected chi connectivity index (χ0v) is 21.1. The number of halogens is 2. The second-order valence-corrected chi connectivity index (χ2v) is 10.6. The van der Waals surface area contributed by atoms with E-state index >= 15 is 0 Å². The predicted octanol–water partition coefficient (Wildman–Crippen LogP) is 3.77. The van der Waals surface area contributed by atoms with Crippen molar-refractivity contribution < 1.29 is 36.4 Å². The summed E-state index contributed by atoms with van der Waals surface area (Å²) in [6, 6.07) is 6.97. The molecule has 0 aliphatic carbocycles. The fourth-order valence-electron chi connectivity index (χ4n) is 4.19. The number of ether oxygens (including phenoxy) is 1. The van der Waals surface area contributed by atoms with Crippen LogP contribution in [0.15, 0.2) is 47.4 Å². The summed E-state index contributed by atoms with van der Waals surface area (Å²) in [5.74, 6) is -3.42. The van der Waals surface area contributed by atoms with Crippen molar-refractivity contribution in [2.45, 2.75) is 37.8 Å². The Morgan fingerprint density at radius 3 is 2.42 bits per heavy atom. The first-order valence-corrected chi connectivity index (χ1v) is 12.6. The highest BCUT2D eigenvalue weighted by Crippen LogP contribution is 2.45. The van der Waals surface area contributed by atoms with Gasteiger partial charge in [0.1, 0.15) is 23.0 Å². The van der Waals surface area contributed by atoms with Crippen LogP contribution in [0.2, 0.25) is 0 Å². The van der Waals surface area contributed by atoms with Crippen LogP contribution in [0.25, 0.3) is 0 Å². The molecule has 0 spiro atoms. The molecule has 2 heterocycles. The van der Waals surface area contributed by atoms with Crippen molar-refractivity contribution >= 4 is 33.5 Å². The molecule has 200 valence electrons. The molecule has 15 heteroatoms. The number of fused-ring (bicyclic) bond motifs is 1. The molecule has 2 aromatic carbocycles. The van der Waals surface area contributed by atoms with E-state index in [-0.39, 0.29) is 29.2 Å². The summed E-state index contributed by atoms with van der Waals surface area (Å²) in [5.41, 5.74) is -2.12. The van der Waals surface area contributed by atoms with E-state index in [1.54, 1.807) is 0 Å². The number of aromatic nitrogens is 2. The van der Waals surface area contributed by atoms with Crippen molar-refractivity contribution in [1.29, 1.82) is 0 Å². The van der Waals surface area contributed by atoms with Gasteiger partial charge in [-0.15, -0.1) is 4.68 Å². The predicted molar refractivity (Wildman–Crippen MR) is 128 cm³/mol. The van der Waals surface area contributed by atoms with Crippen molar-refractivity contribution in [3.63, 3.8) is 0 Å². The topological polar surface area (TPSA) is 154 Å². The lowest BCUT2D eigenvalue weighted by Gasteiger charge is -2.30. The normalized spacial score (nSPS) is 14.7. The maximum Gasteiger partial charge on any atom is 0.436 e. The second kappa shape index (κ2) is 9.57. The number of sulfonamides is 1. The zero-order valence-electron chi connectivity index (χ0n) is 20.3. The number of carbonyl (C=O) groups excluding carboxylic acids is 2. The summed E-state index contributed by atoms with van der Waals surface area (Å²) in [4.78, 5) is 35.7. The molecule has 0 fully saturated rings. The molecule has 1 aliphatic heterocycles. The minimum Gasteiger partial charge on any atom is -0.448 e. The Kier molecular flexibility index (Phi) is 6.75. The molecule has 0 saturated heterocycles. The Balaban J connectivity index is 1.81. The number of para-hydroxylation sites is 1. The van der Waals surface area contributed by atoms with E-state index in [2.05, 4.69) is 10.4 Å². The number of anilines is 1. The van der Waals surface area contributed by atoms with Crippen LogP contribution in [0.3, 0.4) is 0 Å². The number of rotatable bonds is 6. The van der Waals surface area contributed by atoms with Gasteiger partial charge in [0.2, 0.25) is 10.0 Å². The van der Waals surface area contributed by atoms with Crippen molar-refractivity contribution in [3.05, 3.63) is 81.0 Å². The van der Waals surface area contributed by atoms with Gasteiger partial charge in [0, 0.05) is 24.2 Å². The Labute approximate surface area is 215 Å². The molecule has 38 heavy (non-hydrogen) atoms. The molecule has 0 atom stereocenters. The maximum absolute atomic E-state index is 13.8. The zero-order chi connectivity index (χ0) is 28.0. The lowest BCUT2D eigenvalue weighted by molar-refractivity contribution is -0.385. The van der Waals surface area contributed by atoms with Gasteiger partial charge in [-0.1, -0.05) is 12.1 Å². The monoisotopic (exact) mass is 549 g/mol. The average Bonchev–Trinajstić information content (AvgIpc) is 3.33. The van der Waals surface area contributed by atoms with Gasteiger partial charge in [0.05, 0.1) is 27.7 Å². The fourth-order valence-corrected chi connectivity index (χ4v) is 5.95. The SMILES string of the molecule is CCOC(=O)n1nc2c(c1NC(=O)c1ccccc1[N+](=O)[O-])CN(S(=O)(=O)c1cc(F)cc(F)c1)C2(C)C. The van der Waals surface area contributed by atoms with Gasteiger partial charge in [0.25, 0.3) is 11.6 Å². The van der Waals surface area contributed by atoms with E-state index in [9.17, 15) is 36.9 Å². The minimum absolute atomic E-state index is 0.0457. The van der Waals surface area contributed by atoms with Crippen LogP contribution in [-0.4, -0.2) is 46.0 Å². The number of carbonyl (C=O) groups is 2. The Hall–Kier alpha value is -4.24. The number of benzene rings is 2. The summed E-state index contributed by atoms with van der Waals surface area (Å²) in [6.07, 6.45) is -0.989. The van der Waals surface area contributed by atoms with Gasteiger partial charge >= 0.3 is 6.09 Å². The first kappa shape index (κ1) is 26.8. The number of hydrogen-bond acceptors (Lipinski definition) is 8. The highest BCUT2D eigenvalue weighted by Gasteiger charge is 2.49. The number of nitrogens with zero attached hydrogens (tertiary/aromatic N) is 4. The van der Waals surface area contributed by atoms with Gasteiger partial charge in [-0.2, -0.15) is 9.40 Å². The van der Waals surface area contributed by atoms with E-state index in [1.807, 2.05) is 0 Å². The first-order valence-electron chi connectivity index (χ1n) is 11.1. The lowest BCUT2D eigenvalue weighted by atomic mass is 10.0. The summed E-state index contributed by atoms with van der Waals surface area (Å²) >= 11 is 0. The summed E-state index contributed by atoms with van der Waals surface area (Å²) < 4.78 is 61.1. The molecule has 0 saturated carbocycles. The molecule has 4 rings (SSSR count). The number of amides is 1. The molecule has 1 amide bonds. The maximum atomic E-state index is 13.8. The smallest absolute Gasteiger partial charge is 0.436 e. The molecule has 1 aliphatic rings. The minimum atomic E-state index is -4.50. The van der Waals surface area contributed by atoms with Gasteiger partial charge in [0.15, 0.2) is 0 Å². The van der Waals surface area contributed by atoms with E-state index in [4.69, 9.17) is 4.74 Å². The molecule has 1 aromatic heterocycles. The highest BCUT2D eigenvalue weighted by molar-refractivity contribution is 7.89. The molecule has 0 unspecified atom stereocenters. The standard InChI is InChI=1S/C23H21F2N5O7S/c1-4-37-22(32)29-20(26-21(31)16-7-5-6-8-18(16)30(33)34)17-12-28(23(2,3)19(17)27-29)38(35,36)15-10-13(24)9-14(25)11-15/h5-11H,4,12H2,1-3H3,(H,26,31). The first-order chi connectivity index (χ1) is 17.8. The molecular formula is C23H21F2N5O7S. The largest absolute Gasteiger partial charge is 0.448 e. The van der Waals surface area contributed by atoms with Gasteiger partial charge in [-0.05, 0) is 39.0 Å². The van der Waals surface area contributed by atoms with E-state index in [1.165, 1.54) is 39.0 Å². The van der Waals surface area contributed by atoms with E-state index < -0.39 is 61.2 Å². The second-order valence-electron chi connectivity index (χ2n) is 8.69. The van der Waals surface area contributed by atoms with E-state index in [0.29, 0.717) is 18.2 Å². The summed E-state index contributed by atoms with van der Waals surface area (Å²) in [7, 11) is -4.50. The summed E-state index contributed by atoms with van der Waals surface area (Å²) in [5, 5.41) is 18.0. The van der Waals surface area contributed by atoms with Gasteiger partial charge in [-0.3, -0.25) is 14.9 Å². The Morgan fingerprint density at radius 1 is 1.18 bits per heavy atom. The van der Waals surface area contributed by atoms with Crippen LogP contribution >= 0.6 is 0 Å². The highest BCUT2D eigenvalue weighted by atomic mass is 32.2. The van der Waals surface area contributed by atoms with Crippen LogP contribution in [0, 0.1) is 21.7 Å². The number of nitrogens with one attached hydrogen (secondary N) is 1. The molecule has 3 aromatic rings. The third-order valence-electron chi connectivity index (χ3n) is 5.93. The van der Waals surface area contributed by atoms with Gasteiger partial charge in [-0.25, -0.2) is 22.0 Å². The number of nitro groups is 1. The molecule has 12 nitrogen and oxygen atoms in total. The average molecular weight is 550 g/mol. The lowest BCUT2D eigenvalue weighted by Crippen LogP contribution is -2.41. The van der Waals surface area contributed by atoms with Crippen LogP contribution in [-0.2, 0) is 26.8 Å². The quantitative estimate of drug-likeness (QED) is 0.360. The molecule has 1 N–H and O–H groups in total. The van der Waals surface area contributed by atoms with Crippen LogP contribution in [0.5, 0.6) is 0 Å². The fraction of sp³-hybridized carbons (Fsp3) is 0.261. The van der Waals surface area contributed by atoms with E-state index in [0.717, 1.165) is 15.1 Å². The third kappa shape index (κ3) is 4.50. The van der Waals surface area contributed by atoms with Crippen LogP contribution < -0.4 is 5.32 Å². The Morgan fingerprint density at radius 2 is 1.82 bits per heavy atom. The molecular weight excluding hydrogens is 528 g/mol. The van der Waals surface area contributed by atoms with Gasteiger partial charge < -0.3 is 10.1 Å². The third-order valence-corrected chi connectivity index (χ3v) is 7.93.